The van der Waals surface area contributed by atoms with Crippen LogP contribution in [0.1, 0.15) is 77.0 Å². The molecule has 3 heteroatoms. The van der Waals surface area contributed by atoms with Crippen LogP contribution < -0.4 is 0 Å². The second kappa shape index (κ2) is 10.9. The van der Waals surface area contributed by atoms with Crippen LogP contribution in [-0.2, 0) is 4.74 Å². The molecule has 0 aromatic carbocycles. The van der Waals surface area contributed by atoms with Crippen LogP contribution in [0.3, 0.4) is 0 Å². The number of rotatable bonds is 4. The summed E-state index contributed by atoms with van der Waals surface area (Å²) in [4.78, 5) is 0. The fourth-order valence-corrected chi connectivity index (χ4v) is 3.71. The molecule has 0 saturated heterocycles. The summed E-state index contributed by atoms with van der Waals surface area (Å²) >= 11 is 0. The van der Waals surface area contributed by atoms with E-state index in [0.717, 1.165) is 51.4 Å². The highest BCUT2D eigenvalue weighted by atomic mass is 16.5. The van der Waals surface area contributed by atoms with Crippen LogP contribution in [0, 0.1) is 11.8 Å². The number of hydrogen-bond donors (Lipinski definition) is 2. The van der Waals surface area contributed by atoms with Crippen molar-refractivity contribution in [1.82, 2.24) is 0 Å². The lowest BCUT2D eigenvalue weighted by Gasteiger charge is -2.20. The fourth-order valence-electron chi connectivity index (χ4n) is 3.71. The summed E-state index contributed by atoms with van der Waals surface area (Å²) in [7, 11) is 0. The molecule has 0 radical (unpaired) electrons. The first kappa shape index (κ1) is 18.5. The molecule has 2 aliphatic rings. The van der Waals surface area contributed by atoms with Crippen LogP contribution in [-0.4, -0.2) is 22.4 Å². The van der Waals surface area contributed by atoms with Crippen molar-refractivity contribution < 1.29 is 14.9 Å². The largest absolute Gasteiger partial charge is 0.473 e. The number of ether oxygens (including phenoxy) is 1. The minimum atomic E-state index is -0.110. The Morgan fingerprint density at radius 2 is 1.00 bits per heavy atom. The molecule has 132 valence electrons. The lowest BCUT2D eigenvalue weighted by atomic mass is 9.90. The number of allylic oxidation sites excluding steroid dienone is 2. The Morgan fingerprint density at radius 1 is 0.565 bits per heavy atom. The van der Waals surface area contributed by atoms with Crippen molar-refractivity contribution in [3.63, 3.8) is 0 Å². The van der Waals surface area contributed by atoms with E-state index in [2.05, 4.69) is 12.2 Å². The highest BCUT2D eigenvalue weighted by molar-refractivity contribution is 4.89. The lowest BCUT2D eigenvalue weighted by Crippen LogP contribution is -2.12. The third-order valence-corrected chi connectivity index (χ3v) is 5.32. The summed E-state index contributed by atoms with van der Waals surface area (Å²) < 4.78 is 5.55. The number of aliphatic hydroxyl groups is 2. The van der Waals surface area contributed by atoms with Gasteiger partial charge in [0, 0.05) is 0 Å². The monoisotopic (exact) mass is 322 g/mol. The average Bonchev–Trinajstić information content (AvgIpc) is 2.51. The second-order valence-corrected chi connectivity index (χ2v) is 7.34. The van der Waals surface area contributed by atoms with E-state index in [1.165, 1.54) is 25.7 Å². The summed E-state index contributed by atoms with van der Waals surface area (Å²) in [5.74, 6) is 1.07. The predicted octanol–water partition coefficient (Wildman–Crippen LogP) is 4.69. The molecular formula is C20H34O3. The van der Waals surface area contributed by atoms with Crippen molar-refractivity contribution in [1.29, 1.82) is 0 Å². The van der Waals surface area contributed by atoms with E-state index in [0.29, 0.717) is 11.8 Å². The minimum absolute atomic E-state index is 0.110. The molecule has 23 heavy (non-hydrogen) atoms. The first-order valence-corrected chi connectivity index (χ1v) is 9.59. The van der Waals surface area contributed by atoms with Gasteiger partial charge in [-0.25, -0.2) is 0 Å². The topological polar surface area (TPSA) is 49.7 Å². The van der Waals surface area contributed by atoms with Gasteiger partial charge in [-0.2, -0.15) is 0 Å². The minimum Gasteiger partial charge on any atom is -0.473 e. The van der Waals surface area contributed by atoms with Gasteiger partial charge in [-0.15, -0.1) is 0 Å². The third kappa shape index (κ3) is 8.03. The van der Waals surface area contributed by atoms with Gasteiger partial charge in [-0.3, -0.25) is 0 Å². The van der Waals surface area contributed by atoms with Gasteiger partial charge in [0.2, 0.25) is 0 Å². The Labute approximate surface area is 141 Å². The van der Waals surface area contributed by atoms with Crippen molar-refractivity contribution in [2.24, 2.45) is 11.8 Å². The van der Waals surface area contributed by atoms with Crippen LogP contribution in [0.2, 0.25) is 0 Å². The maximum absolute atomic E-state index is 9.76. The van der Waals surface area contributed by atoms with E-state index in [1.807, 2.05) is 12.5 Å². The Balaban J connectivity index is 1.67. The molecule has 0 aliphatic heterocycles. The molecule has 4 unspecified atom stereocenters. The van der Waals surface area contributed by atoms with Crippen molar-refractivity contribution in [2.75, 3.05) is 0 Å². The first-order valence-electron chi connectivity index (χ1n) is 9.59. The molecule has 0 spiro atoms. The number of aliphatic hydroxyl groups excluding tert-OH is 2. The average molecular weight is 322 g/mol. The smallest absolute Gasteiger partial charge is 0.0864 e. The Bertz CT molecular complexity index is 330. The van der Waals surface area contributed by atoms with Crippen LogP contribution in [0.4, 0.5) is 0 Å². The van der Waals surface area contributed by atoms with Gasteiger partial charge in [0.1, 0.15) is 0 Å². The van der Waals surface area contributed by atoms with E-state index in [-0.39, 0.29) is 12.2 Å². The predicted molar refractivity (Wildman–Crippen MR) is 93.8 cm³/mol. The zero-order chi connectivity index (χ0) is 16.3. The lowest BCUT2D eigenvalue weighted by molar-refractivity contribution is 0.135. The van der Waals surface area contributed by atoms with Crippen molar-refractivity contribution in [3.05, 3.63) is 24.7 Å². The van der Waals surface area contributed by atoms with Gasteiger partial charge in [-0.1, -0.05) is 25.7 Å². The van der Waals surface area contributed by atoms with Gasteiger partial charge < -0.3 is 14.9 Å². The van der Waals surface area contributed by atoms with Gasteiger partial charge in [0.25, 0.3) is 0 Å². The summed E-state index contributed by atoms with van der Waals surface area (Å²) in [5, 5.41) is 19.5. The van der Waals surface area contributed by atoms with E-state index in [4.69, 9.17) is 4.74 Å². The Kier molecular flexibility index (Phi) is 8.77. The highest BCUT2D eigenvalue weighted by Crippen LogP contribution is 2.25. The van der Waals surface area contributed by atoms with Crippen LogP contribution in [0.15, 0.2) is 24.7 Å². The van der Waals surface area contributed by atoms with Gasteiger partial charge in [0.15, 0.2) is 0 Å². The summed E-state index contributed by atoms with van der Waals surface area (Å²) in [6, 6.07) is 0. The zero-order valence-corrected chi connectivity index (χ0v) is 14.4. The quantitative estimate of drug-likeness (QED) is 0.738. The van der Waals surface area contributed by atoms with Gasteiger partial charge in [0.05, 0.1) is 24.7 Å². The fraction of sp³-hybridized carbons (Fsp3) is 0.800. The molecule has 2 saturated carbocycles. The van der Waals surface area contributed by atoms with Crippen molar-refractivity contribution in [3.8, 4) is 0 Å². The van der Waals surface area contributed by atoms with Crippen LogP contribution in [0.5, 0.6) is 0 Å². The van der Waals surface area contributed by atoms with E-state index >= 15 is 0 Å². The molecule has 2 rings (SSSR count). The SMILES string of the molecule is OC1CCCCC(C=COC=CC2CCCCC(O)CC2)CC1. The molecule has 0 amide bonds. The van der Waals surface area contributed by atoms with E-state index in [1.54, 1.807) is 0 Å². The van der Waals surface area contributed by atoms with Crippen molar-refractivity contribution >= 4 is 0 Å². The van der Waals surface area contributed by atoms with Crippen molar-refractivity contribution in [2.45, 2.75) is 89.3 Å². The summed E-state index contributed by atoms with van der Waals surface area (Å²) in [6.45, 7) is 0. The molecule has 0 aromatic rings. The molecule has 0 aromatic heterocycles. The van der Waals surface area contributed by atoms with E-state index < -0.39 is 0 Å². The van der Waals surface area contributed by atoms with Gasteiger partial charge >= 0.3 is 0 Å². The second-order valence-electron chi connectivity index (χ2n) is 7.34. The highest BCUT2D eigenvalue weighted by Gasteiger charge is 2.14. The molecule has 2 N–H and O–H groups in total. The Hall–Kier alpha value is -0.800. The Morgan fingerprint density at radius 3 is 1.48 bits per heavy atom. The number of hydrogen-bond acceptors (Lipinski definition) is 3. The normalized spacial score (nSPS) is 34.7. The molecular weight excluding hydrogens is 288 g/mol. The third-order valence-electron chi connectivity index (χ3n) is 5.32. The molecule has 4 atom stereocenters. The zero-order valence-electron chi connectivity index (χ0n) is 14.4. The molecule has 0 bridgehead atoms. The maximum atomic E-state index is 9.76. The van der Waals surface area contributed by atoms with E-state index in [9.17, 15) is 10.2 Å². The van der Waals surface area contributed by atoms with Gasteiger partial charge in [-0.05, 0) is 75.4 Å². The first-order chi connectivity index (χ1) is 11.2. The summed E-state index contributed by atoms with van der Waals surface area (Å²) in [5.41, 5.74) is 0. The molecule has 2 aliphatic carbocycles. The molecule has 3 nitrogen and oxygen atoms in total. The molecule has 0 heterocycles. The molecule has 2 fully saturated rings. The maximum Gasteiger partial charge on any atom is 0.0864 e. The van der Waals surface area contributed by atoms with Crippen LogP contribution in [0.25, 0.3) is 0 Å². The van der Waals surface area contributed by atoms with Crippen LogP contribution >= 0.6 is 0 Å². The standard InChI is InChI=1S/C20H34O3/c21-19-7-3-1-5-17(9-11-19)13-15-23-16-14-18-6-2-4-8-20(22)12-10-18/h13-22H,1-12H2. The summed E-state index contributed by atoms with van der Waals surface area (Å²) in [6.07, 6.45) is 20.7.